The van der Waals surface area contributed by atoms with Crippen LogP contribution in [0, 0.1) is 0 Å². The Kier molecular flexibility index (Phi) is 4.44. The minimum atomic E-state index is -0.621. The lowest BCUT2D eigenvalue weighted by Gasteiger charge is -2.43. The van der Waals surface area contributed by atoms with Crippen LogP contribution in [0.3, 0.4) is 0 Å². The number of amides is 3. The molecule has 3 N–H and O–H groups in total. The zero-order chi connectivity index (χ0) is 21.8. The number of nitrogens with zero attached hydrogens (tertiary/aromatic N) is 7. The SMILES string of the molecule is CC(C)(C)N1C(=O)NC2N=CN(CCC(C)(C)n3c(N)nc4ncncc43)C2C1=O. The maximum atomic E-state index is 13.1. The van der Waals surface area contributed by atoms with Crippen LogP contribution in [0.2, 0.25) is 0 Å². The van der Waals surface area contributed by atoms with Crippen LogP contribution in [0.4, 0.5) is 10.7 Å². The summed E-state index contributed by atoms with van der Waals surface area (Å²) in [5.74, 6) is 0.121. The van der Waals surface area contributed by atoms with Crippen LogP contribution in [0.5, 0.6) is 0 Å². The summed E-state index contributed by atoms with van der Waals surface area (Å²) in [5, 5.41) is 2.83. The van der Waals surface area contributed by atoms with E-state index in [1.54, 1.807) is 12.5 Å². The van der Waals surface area contributed by atoms with Crippen molar-refractivity contribution in [1.82, 2.24) is 34.6 Å². The third-order valence-electron chi connectivity index (χ3n) is 5.60. The van der Waals surface area contributed by atoms with Gasteiger partial charge in [-0.15, -0.1) is 0 Å². The average Bonchev–Trinajstić information content (AvgIpc) is 3.18. The lowest BCUT2D eigenvalue weighted by atomic mass is 9.98. The second-order valence-corrected chi connectivity index (χ2v) is 9.29. The molecule has 0 aliphatic carbocycles. The van der Waals surface area contributed by atoms with E-state index in [0.29, 0.717) is 24.6 Å². The fourth-order valence-electron chi connectivity index (χ4n) is 4.13. The molecule has 2 aliphatic rings. The fourth-order valence-corrected chi connectivity index (χ4v) is 4.13. The van der Waals surface area contributed by atoms with Gasteiger partial charge in [0, 0.05) is 17.6 Å². The van der Waals surface area contributed by atoms with Gasteiger partial charge in [0.15, 0.2) is 17.9 Å². The van der Waals surface area contributed by atoms with E-state index in [0.717, 1.165) is 5.52 Å². The first kappa shape index (κ1) is 20.0. The van der Waals surface area contributed by atoms with Crippen molar-refractivity contribution in [1.29, 1.82) is 0 Å². The monoisotopic (exact) mass is 413 g/mol. The molecule has 3 amide bonds. The first-order valence-electron chi connectivity index (χ1n) is 9.89. The number of imide groups is 1. The van der Waals surface area contributed by atoms with Gasteiger partial charge in [0.05, 0.1) is 12.5 Å². The lowest BCUT2D eigenvalue weighted by Crippen LogP contribution is -2.68. The van der Waals surface area contributed by atoms with Gasteiger partial charge in [-0.25, -0.2) is 19.8 Å². The summed E-state index contributed by atoms with van der Waals surface area (Å²) in [6.45, 7) is 10.2. The molecule has 0 aromatic carbocycles. The third-order valence-corrected chi connectivity index (χ3v) is 5.60. The molecule has 2 aromatic rings. The van der Waals surface area contributed by atoms with Crippen LogP contribution in [0.25, 0.3) is 11.2 Å². The first-order valence-corrected chi connectivity index (χ1v) is 9.89. The molecule has 0 saturated carbocycles. The average molecular weight is 413 g/mol. The maximum absolute atomic E-state index is 13.1. The van der Waals surface area contributed by atoms with Crippen molar-refractivity contribution in [2.75, 3.05) is 12.3 Å². The van der Waals surface area contributed by atoms with E-state index in [2.05, 4.69) is 25.3 Å². The van der Waals surface area contributed by atoms with Crippen LogP contribution in [-0.2, 0) is 10.3 Å². The predicted molar refractivity (Wildman–Crippen MR) is 112 cm³/mol. The predicted octanol–water partition coefficient (Wildman–Crippen LogP) is 0.923. The van der Waals surface area contributed by atoms with Gasteiger partial charge in [0.2, 0.25) is 5.95 Å². The maximum Gasteiger partial charge on any atom is 0.326 e. The Hall–Kier alpha value is -3.24. The molecule has 2 aliphatic heterocycles. The topological polar surface area (TPSA) is 135 Å². The number of nitrogen functional groups attached to an aromatic ring is 1. The molecule has 2 unspecified atom stereocenters. The van der Waals surface area contributed by atoms with Gasteiger partial charge < -0.3 is 20.5 Å². The summed E-state index contributed by atoms with van der Waals surface area (Å²) in [7, 11) is 0. The smallest absolute Gasteiger partial charge is 0.326 e. The molecular weight excluding hydrogens is 386 g/mol. The first-order chi connectivity index (χ1) is 14.0. The fraction of sp³-hybridized carbons (Fsp3) is 0.579. The van der Waals surface area contributed by atoms with Crippen LogP contribution in [-0.4, -0.2) is 71.9 Å². The molecule has 2 aromatic heterocycles. The van der Waals surface area contributed by atoms with E-state index in [1.165, 1.54) is 11.2 Å². The van der Waals surface area contributed by atoms with E-state index < -0.39 is 29.3 Å². The number of urea groups is 1. The van der Waals surface area contributed by atoms with Crippen molar-refractivity contribution < 1.29 is 9.59 Å². The Bertz CT molecular complexity index is 1040. The van der Waals surface area contributed by atoms with Gasteiger partial charge in [0.25, 0.3) is 5.91 Å². The van der Waals surface area contributed by atoms with E-state index in [9.17, 15) is 9.59 Å². The number of hydrogen-bond donors (Lipinski definition) is 2. The molecule has 4 rings (SSSR count). The normalized spacial score (nSPS) is 22.0. The van der Waals surface area contributed by atoms with Crippen LogP contribution in [0.15, 0.2) is 17.5 Å². The highest BCUT2D eigenvalue weighted by Gasteiger charge is 2.49. The number of aliphatic imine (C=N–C) groups is 1. The number of carbonyl (C=O) groups excluding carboxylic acids is 2. The van der Waals surface area contributed by atoms with E-state index >= 15 is 0 Å². The highest BCUT2D eigenvalue weighted by molar-refractivity contribution is 6.02. The molecule has 0 spiro atoms. The molecule has 11 heteroatoms. The molecule has 11 nitrogen and oxygen atoms in total. The summed E-state index contributed by atoms with van der Waals surface area (Å²) in [6, 6.07) is -0.969. The molecule has 2 atom stereocenters. The van der Waals surface area contributed by atoms with Crippen molar-refractivity contribution in [2.45, 2.75) is 64.3 Å². The molecule has 160 valence electrons. The number of aromatic nitrogens is 4. The molecule has 1 saturated heterocycles. The number of hydrogen-bond acceptors (Lipinski definition) is 8. The molecule has 0 radical (unpaired) electrons. The van der Waals surface area contributed by atoms with Crippen molar-refractivity contribution >= 4 is 35.4 Å². The second kappa shape index (κ2) is 6.64. The number of fused-ring (bicyclic) bond motifs is 2. The second-order valence-electron chi connectivity index (χ2n) is 9.29. The Balaban J connectivity index is 1.55. The largest absolute Gasteiger partial charge is 0.369 e. The Labute approximate surface area is 174 Å². The zero-order valence-electron chi connectivity index (χ0n) is 17.8. The molecule has 0 bridgehead atoms. The molecule has 1 fully saturated rings. The van der Waals surface area contributed by atoms with Crippen LogP contribution >= 0.6 is 0 Å². The highest BCUT2D eigenvalue weighted by atomic mass is 16.2. The van der Waals surface area contributed by atoms with Gasteiger partial charge in [-0.3, -0.25) is 9.69 Å². The number of rotatable bonds is 4. The number of carbonyl (C=O) groups is 2. The van der Waals surface area contributed by atoms with Crippen molar-refractivity contribution in [3.05, 3.63) is 12.5 Å². The Morgan fingerprint density at radius 1 is 1.20 bits per heavy atom. The van der Waals surface area contributed by atoms with E-state index in [1.807, 2.05) is 44.1 Å². The van der Waals surface area contributed by atoms with Crippen LogP contribution < -0.4 is 11.1 Å². The highest BCUT2D eigenvalue weighted by Crippen LogP contribution is 2.30. The summed E-state index contributed by atoms with van der Waals surface area (Å²) in [4.78, 5) is 45.6. The van der Waals surface area contributed by atoms with Gasteiger partial charge in [-0.05, 0) is 41.0 Å². The van der Waals surface area contributed by atoms with Crippen LogP contribution in [0.1, 0.15) is 41.0 Å². The minimum absolute atomic E-state index is 0.243. The number of nitrogens with two attached hydrogens (primary N) is 1. The quantitative estimate of drug-likeness (QED) is 0.761. The van der Waals surface area contributed by atoms with Gasteiger partial charge in [-0.1, -0.05) is 0 Å². The Morgan fingerprint density at radius 2 is 1.93 bits per heavy atom. The summed E-state index contributed by atoms with van der Waals surface area (Å²) >= 11 is 0. The zero-order valence-corrected chi connectivity index (χ0v) is 17.8. The van der Waals surface area contributed by atoms with Crippen molar-refractivity contribution in [3.63, 3.8) is 0 Å². The van der Waals surface area contributed by atoms with Crippen molar-refractivity contribution in [2.24, 2.45) is 4.99 Å². The number of anilines is 1. The van der Waals surface area contributed by atoms with Crippen molar-refractivity contribution in [3.8, 4) is 0 Å². The summed E-state index contributed by atoms with van der Waals surface area (Å²) < 4.78 is 1.92. The lowest BCUT2D eigenvalue weighted by molar-refractivity contribution is -0.138. The minimum Gasteiger partial charge on any atom is -0.369 e. The number of imidazole rings is 1. The number of nitrogens with one attached hydrogen (secondary N) is 1. The summed E-state index contributed by atoms with van der Waals surface area (Å²) in [6.07, 6.45) is 4.87. The Morgan fingerprint density at radius 3 is 2.63 bits per heavy atom. The molecular formula is C19H27N9O2. The third kappa shape index (κ3) is 3.14. The molecule has 30 heavy (non-hydrogen) atoms. The van der Waals surface area contributed by atoms with Gasteiger partial charge >= 0.3 is 6.03 Å². The van der Waals surface area contributed by atoms with Gasteiger partial charge in [-0.2, -0.15) is 4.98 Å². The summed E-state index contributed by atoms with van der Waals surface area (Å²) in [5.41, 5.74) is 6.43. The van der Waals surface area contributed by atoms with E-state index in [4.69, 9.17) is 5.73 Å². The van der Waals surface area contributed by atoms with E-state index in [-0.39, 0.29) is 5.91 Å². The molecule has 4 heterocycles. The standard InChI is InChI=1S/C19H27N9O2/c1-18(2,3)28-15(29)12-14(25-17(28)30)23-10-26(12)7-6-19(4,5)27-11-8-21-9-22-13(11)24-16(27)20/h8-10,12,14H,6-7H2,1-5H3,(H,25,30)(H2,20,21,22,24). The van der Waals surface area contributed by atoms with Gasteiger partial charge in [0.1, 0.15) is 11.8 Å².